The van der Waals surface area contributed by atoms with Crippen molar-refractivity contribution in [3.8, 4) is 5.75 Å². The average Bonchev–Trinajstić information content (AvgIpc) is 2.62. The molecule has 0 amide bonds. The Balaban J connectivity index is 1.88. The van der Waals surface area contributed by atoms with Crippen molar-refractivity contribution in [2.45, 2.75) is 39.3 Å². The largest absolute Gasteiger partial charge is 0.487 e. The summed E-state index contributed by atoms with van der Waals surface area (Å²) in [5.41, 5.74) is 2.28. The van der Waals surface area contributed by atoms with Gasteiger partial charge in [-0.1, -0.05) is 12.1 Å². The minimum absolute atomic E-state index is 0.112. The Labute approximate surface area is 114 Å². The number of hydrogen-bond acceptors (Lipinski definition) is 4. The van der Waals surface area contributed by atoms with Crippen LogP contribution in [0.2, 0.25) is 0 Å². The number of fused-ring (bicyclic) bond motifs is 1. The molecule has 0 saturated carbocycles. The fraction of sp³-hybridized carbons (Fsp3) is 0.533. The summed E-state index contributed by atoms with van der Waals surface area (Å²) in [4.78, 5) is 11.2. The van der Waals surface area contributed by atoms with Crippen LogP contribution in [0.15, 0.2) is 18.2 Å². The van der Waals surface area contributed by atoms with Gasteiger partial charge in [0.05, 0.1) is 13.2 Å². The number of ether oxygens (including phenoxy) is 2. The SMILES string of the molecule is CCOC(=O)CNCc1ccc2c(c1)CC(C)(C)O2. The zero-order chi connectivity index (χ0) is 13.9. The number of benzene rings is 1. The van der Waals surface area contributed by atoms with E-state index in [0.29, 0.717) is 13.2 Å². The summed E-state index contributed by atoms with van der Waals surface area (Å²) in [7, 11) is 0. The van der Waals surface area contributed by atoms with Crippen molar-refractivity contribution < 1.29 is 14.3 Å². The first-order valence-electron chi connectivity index (χ1n) is 6.67. The maximum Gasteiger partial charge on any atom is 0.319 e. The predicted octanol–water partition coefficient (Wildman–Crippen LogP) is 2.05. The zero-order valence-corrected chi connectivity index (χ0v) is 11.8. The molecule has 0 atom stereocenters. The molecule has 4 nitrogen and oxygen atoms in total. The van der Waals surface area contributed by atoms with Gasteiger partial charge in [0, 0.05) is 13.0 Å². The van der Waals surface area contributed by atoms with E-state index in [1.807, 2.05) is 12.1 Å². The highest BCUT2D eigenvalue weighted by atomic mass is 16.5. The fourth-order valence-corrected chi connectivity index (χ4v) is 2.29. The Morgan fingerprint density at radius 1 is 1.47 bits per heavy atom. The summed E-state index contributed by atoms with van der Waals surface area (Å²) in [6.45, 7) is 7.31. The van der Waals surface area contributed by atoms with Gasteiger partial charge in [-0.2, -0.15) is 0 Å². The number of hydrogen-bond donors (Lipinski definition) is 1. The Kier molecular flexibility index (Phi) is 4.10. The van der Waals surface area contributed by atoms with Crippen molar-refractivity contribution >= 4 is 5.97 Å². The topological polar surface area (TPSA) is 47.6 Å². The van der Waals surface area contributed by atoms with Crippen molar-refractivity contribution in [3.05, 3.63) is 29.3 Å². The first kappa shape index (κ1) is 13.9. The molecule has 2 rings (SSSR count). The van der Waals surface area contributed by atoms with E-state index in [1.54, 1.807) is 6.92 Å². The van der Waals surface area contributed by atoms with Crippen LogP contribution in [0, 0.1) is 0 Å². The molecule has 19 heavy (non-hydrogen) atoms. The lowest BCUT2D eigenvalue weighted by Crippen LogP contribution is -2.24. The molecule has 1 aliphatic heterocycles. The highest BCUT2D eigenvalue weighted by Gasteiger charge is 2.29. The van der Waals surface area contributed by atoms with E-state index in [0.717, 1.165) is 17.7 Å². The second-order valence-corrected chi connectivity index (χ2v) is 5.39. The van der Waals surface area contributed by atoms with Crippen LogP contribution in [0.1, 0.15) is 31.9 Å². The lowest BCUT2D eigenvalue weighted by atomic mass is 10.0. The van der Waals surface area contributed by atoms with Gasteiger partial charge in [-0.05, 0) is 38.0 Å². The minimum Gasteiger partial charge on any atom is -0.487 e. The Morgan fingerprint density at radius 2 is 2.26 bits per heavy atom. The third kappa shape index (κ3) is 3.70. The van der Waals surface area contributed by atoms with Gasteiger partial charge in [0.25, 0.3) is 0 Å². The van der Waals surface area contributed by atoms with Crippen molar-refractivity contribution in [2.24, 2.45) is 0 Å². The first-order chi connectivity index (χ1) is 9.00. The molecule has 1 N–H and O–H groups in total. The van der Waals surface area contributed by atoms with Gasteiger partial charge in [-0.3, -0.25) is 4.79 Å². The van der Waals surface area contributed by atoms with Crippen LogP contribution in [-0.4, -0.2) is 24.7 Å². The Bertz CT molecular complexity index is 468. The van der Waals surface area contributed by atoms with Crippen LogP contribution in [0.4, 0.5) is 0 Å². The summed E-state index contributed by atoms with van der Waals surface area (Å²) in [5.74, 6) is 0.757. The summed E-state index contributed by atoms with van der Waals surface area (Å²) in [5, 5.41) is 3.08. The van der Waals surface area contributed by atoms with Crippen LogP contribution in [0.25, 0.3) is 0 Å². The van der Waals surface area contributed by atoms with Gasteiger partial charge >= 0.3 is 5.97 Å². The van der Waals surface area contributed by atoms with Crippen molar-refractivity contribution in [1.29, 1.82) is 0 Å². The molecule has 0 aliphatic carbocycles. The average molecular weight is 263 g/mol. The fourth-order valence-electron chi connectivity index (χ4n) is 2.29. The smallest absolute Gasteiger partial charge is 0.319 e. The lowest BCUT2D eigenvalue weighted by molar-refractivity contribution is -0.142. The Morgan fingerprint density at radius 3 is 3.00 bits per heavy atom. The molecule has 1 aromatic carbocycles. The van der Waals surface area contributed by atoms with Crippen molar-refractivity contribution in [3.63, 3.8) is 0 Å². The second kappa shape index (κ2) is 5.61. The highest BCUT2D eigenvalue weighted by Crippen LogP contribution is 2.35. The van der Waals surface area contributed by atoms with E-state index in [4.69, 9.17) is 9.47 Å². The standard InChI is InChI=1S/C15H21NO3/c1-4-18-14(17)10-16-9-11-5-6-13-12(7-11)8-15(2,3)19-13/h5-7,16H,4,8-10H2,1-3H3. The molecule has 4 heteroatoms. The van der Waals surface area contributed by atoms with Crippen LogP contribution in [-0.2, 0) is 22.5 Å². The maximum absolute atomic E-state index is 11.2. The molecule has 0 bridgehead atoms. The molecule has 0 saturated heterocycles. The molecule has 1 heterocycles. The number of carbonyl (C=O) groups excluding carboxylic acids is 1. The van der Waals surface area contributed by atoms with Crippen LogP contribution < -0.4 is 10.1 Å². The number of nitrogens with one attached hydrogen (secondary N) is 1. The molecule has 104 valence electrons. The van der Waals surface area contributed by atoms with Crippen molar-refractivity contribution in [2.75, 3.05) is 13.2 Å². The van der Waals surface area contributed by atoms with Gasteiger partial charge in [0.1, 0.15) is 11.4 Å². The molecule has 1 aliphatic rings. The quantitative estimate of drug-likeness (QED) is 0.826. The number of esters is 1. The van der Waals surface area contributed by atoms with Gasteiger partial charge in [0.2, 0.25) is 0 Å². The van der Waals surface area contributed by atoms with Gasteiger partial charge in [-0.25, -0.2) is 0 Å². The van der Waals surface area contributed by atoms with E-state index in [2.05, 4.69) is 25.2 Å². The molecule has 0 spiro atoms. The second-order valence-electron chi connectivity index (χ2n) is 5.39. The van der Waals surface area contributed by atoms with Gasteiger partial charge < -0.3 is 14.8 Å². The van der Waals surface area contributed by atoms with Crippen molar-refractivity contribution in [1.82, 2.24) is 5.32 Å². The third-order valence-electron chi connectivity index (χ3n) is 3.03. The normalized spacial score (nSPS) is 15.7. The molecular formula is C15H21NO3. The van der Waals surface area contributed by atoms with Crippen LogP contribution >= 0.6 is 0 Å². The molecule has 0 fully saturated rings. The third-order valence-corrected chi connectivity index (χ3v) is 3.03. The van der Waals surface area contributed by atoms with Gasteiger partial charge in [-0.15, -0.1) is 0 Å². The van der Waals surface area contributed by atoms with E-state index in [9.17, 15) is 4.79 Å². The number of rotatable bonds is 5. The summed E-state index contributed by atoms with van der Waals surface area (Å²) >= 11 is 0. The molecular weight excluding hydrogens is 242 g/mol. The summed E-state index contributed by atoms with van der Waals surface area (Å²) in [6.07, 6.45) is 0.925. The van der Waals surface area contributed by atoms with Gasteiger partial charge in [0.15, 0.2) is 0 Å². The lowest BCUT2D eigenvalue weighted by Gasteiger charge is -2.16. The monoisotopic (exact) mass is 263 g/mol. The zero-order valence-electron chi connectivity index (χ0n) is 11.8. The number of carbonyl (C=O) groups is 1. The molecule has 0 radical (unpaired) electrons. The molecule has 0 unspecified atom stereocenters. The maximum atomic E-state index is 11.2. The van der Waals surface area contributed by atoms with E-state index in [-0.39, 0.29) is 18.1 Å². The van der Waals surface area contributed by atoms with Crippen LogP contribution in [0.3, 0.4) is 0 Å². The molecule has 1 aromatic rings. The first-order valence-corrected chi connectivity index (χ1v) is 6.67. The highest BCUT2D eigenvalue weighted by molar-refractivity contribution is 5.71. The minimum atomic E-state index is -0.215. The van der Waals surface area contributed by atoms with E-state index < -0.39 is 0 Å². The summed E-state index contributed by atoms with van der Waals surface area (Å²) < 4.78 is 10.7. The van der Waals surface area contributed by atoms with E-state index in [1.165, 1.54) is 5.56 Å². The summed E-state index contributed by atoms with van der Waals surface area (Å²) in [6, 6.07) is 6.17. The predicted molar refractivity (Wildman–Crippen MR) is 73.2 cm³/mol. The molecule has 0 aromatic heterocycles. The van der Waals surface area contributed by atoms with E-state index >= 15 is 0 Å². The van der Waals surface area contributed by atoms with Crippen LogP contribution in [0.5, 0.6) is 5.75 Å². The Hall–Kier alpha value is -1.55.